The summed E-state index contributed by atoms with van der Waals surface area (Å²) in [5.74, 6) is 0.0309. The molecule has 1 aliphatic rings. The first-order chi connectivity index (χ1) is 10.6. The van der Waals surface area contributed by atoms with Crippen LogP contribution in [-0.2, 0) is 9.31 Å². The van der Waals surface area contributed by atoms with Gasteiger partial charge in [0.1, 0.15) is 0 Å². The number of carbonyl (C=O) groups excluding carboxylic acids is 1. The van der Waals surface area contributed by atoms with Crippen molar-refractivity contribution in [3.05, 3.63) is 29.3 Å². The quantitative estimate of drug-likeness (QED) is 0.802. The molecular formula is C18H28BNO3. The number of hydrogen-bond donors (Lipinski definition) is 0. The maximum Gasteiger partial charge on any atom is 0.495 e. The zero-order valence-corrected chi connectivity index (χ0v) is 15.4. The van der Waals surface area contributed by atoms with Crippen LogP contribution in [0.3, 0.4) is 0 Å². The lowest BCUT2D eigenvalue weighted by molar-refractivity contribution is 0.00578. The van der Waals surface area contributed by atoms with E-state index in [0.29, 0.717) is 18.7 Å². The lowest BCUT2D eigenvalue weighted by Gasteiger charge is -2.32. The molecule has 0 aromatic heterocycles. The number of rotatable bonds is 4. The third-order valence-corrected chi connectivity index (χ3v) is 5.09. The molecule has 5 heteroatoms. The fourth-order valence-corrected chi connectivity index (χ4v) is 2.82. The lowest BCUT2D eigenvalue weighted by atomic mass is 9.73. The van der Waals surface area contributed by atoms with E-state index in [-0.39, 0.29) is 5.91 Å². The Morgan fingerprint density at radius 2 is 1.61 bits per heavy atom. The van der Waals surface area contributed by atoms with Gasteiger partial charge in [-0.3, -0.25) is 4.79 Å². The van der Waals surface area contributed by atoms with E-state index in [1.54, 1.807) is 0 Å². The van der Waals surface area contributed by atoms with Crippen molar-refractivity contribution in [2.45, 2.75) is 59.7 Å². The zero-order chi connectivity index (χ0) is 17.4. The summed E-state index contributed by atoms with van der Waals surface area (Å²) < 4.78 is 12.4. The number of benzene rings is 1. The molecule has 0 N–H and O–H groups in total. The molecule has 0 bridgehead atoms. The van der Waals surface area contributed by atoms with E-state index in [4.69, 9.17) is 9.31 Å². The fraction of sp³-hybridized carbons (Fsp3) is 0.611. The van der Waals surface area contributed by atoms with Crippen molar-refractivity contribution in [1.82, 2.24) is 4.90 Å². The minimum Gasteiger partial charge on any atom is -0.399 e. The van der Waals surface area contributed by atoms with Crippen LogP contribution >= 0.6 is 0 Å². The molecule has 0 spiro atoms. The summed E-state index contributed by atoms with van der Waals surface area (Å²) in [6, 6.07) is 5.79. The second-order valence-electron chi connectivity index (χ2n) is 7.10. The Labute approximate surface area is 140 Å². The Morgan fingerprint density at radius 3 is 2.09 bits per heavy atom. The van der Waals surface area contributed by atoms with Gasteiger partial charge in [0.05, 0.1) is 11.2 Å². The Hall–Kier alpha value is -1.33. The Bertz CT molecular complexity index is 578. The van der Waals surface area contributed by atoms with E-state index in [1.807, 2.05) is 71.6 Å². The van der Waals surface area contributed by atoms with Gasteiger partial charge in [0.25, 0.3) is 5.91 Å². The average molecular weight is 317 g/mol. The smallest absolute Gasteiger partial charge is 0.399 e. The highest BCUT2D eigenvalue weighted by Gasteiger charge is 2.52. The molecular weight excluding hydrogens is 289 g/mol. The number of nitrogens with zero attached hydrogens (tertiary/aromatic N) is 1. The molecule has 1 fully saturated rings. The molecule has 0 aliphatic carbocycles. The van der Waals surface area contributed by atoms with Gasteiger partial charge in [-0.05, 0) is 60.0 Å². The minimum absolute atomic E-state index is 0.0309. The van der Waals surface area contributed by atoms with Crippen LogP contribution < -0.4 is 5.46 Å². The molecule has 0 atom stereocenters. The van der Waals surface area contributed by atoms with E-state index in [1.165, 1.54) is 0 Å². The first kappa shape index (κ1) is 18.0. The van der Waals surface area contributed by atoms with E-state index in [9.17, 15) is 4.79 Å². The molecule has 1 aliphatic heterocycles. The number of hydrogen-bond acceptors (Lipinski definition) is 3. The summed E-state index contributed by atoms with van der Waals surface area (Å²) in [5.41, 5.74) is 1.70. The molecule has 1 aromatic carbocycles. The summed E-state index contributed by atoms with van der Waals surface area (Å²) in [5, 5.41) is 0. The third kappa shape index (κ3) is 3.17. The van der Waals surface area contributed by atoms with Crippen molar-refractivity contribution < 1.29 is 14.1 Å². The van der Waals surface area contributed by atoms with Gasteiger partial charge in [0.2, 0.25) is 0 Å². The summed E-state index contributed by atoms with van der Waals surface area (Å²) >= 11 is 0. The highest BCUT2D eigenvalue weighted by atomic mass is 16.7. The average Bonchev–Trinajstić information content (AvgIpc) is 2.67. The van der Waals surface area contributed by atoms with Gasteiger partial charge < -0.3 is 14.2 Å². The van der Waals surface area contributed by atoms with Gasteiger partial charge in [-0.2, -0.15) is 0 Å². The molecule has 1 saturated heterocycles. The summed E-state index contributed by atoms with van der Waals surface area (Å²) in [7, 11) is -0.518. The normalized spacial score (nSPS) is 19.0. The third-order valence-electron chi connectivity index (χ3n) is 5.09. The maximum absolute atomic E-state index is 12.9. The van der Waals surface area contributed by atoms with Crippen molar-refractivity contribution in [3.63, 3.8) is 0 Å². The van der Waals surface area contributed by atoms with E-state index < -0.39 is 18.3 Å². The van der Waals surface area contributed by atoms with Crippen molar-refractivity contribution in [3.8, 4) is 0 Å². The van der Waals surface area contributed by atoms with Crippen molar-refractivity contribution >= 4 is 18.5 Å². The van der Waals surface area contributed by atoms with Gasteiger partial charge in [0.15, 0.2) is 0 Å². The monoisotopic (exact) mass is 317 g/mol. The maximum atomic E-state index is 12.9. The molecule has 0 unspecified atom stereocenters. The predicted molar refractivity (Wildman–Crippen MR) is 94.1 cm³/mol. The Morgan fingerprint density at radius 1 is 1.09 bits per heavy atom. The molecule has 1 heterocycles. The first-order valence-electron chi connectivity index (χ1n) is 8.39. The number of amides is 1. The standard InChI is InChI=1S/C18H28BNO3/c1-8-20(9-2)16(21)14-12-10-11-13(3)15(14)19-22-17(4,5)18(6,7)23-19/h10-12H,8-9H2,1-7H3. The fourth-order valence-electron chi connectivity index (χ4n) is 2.82. The van der Waals surface area contributed by atoms with Crippen molar-refractivity contribution in [2.24, 2.45) is 0 Å². The molecule has 2 rings (SSSR count). The van der Waals surface area contributed by atoms with Gasteiger partial charge in [-0.25, -0.2) is 0 Å². The first-order valence-corrected chi connectivity index (χ1v) is 8.39. The van der Waals surface area contributed by atoms with Crippen molar-refractivity contribution in [1.29, 1.82) is 0 Å². The lowest BCUT2D eigenvalue weighted by Crippen LogP contribution is -2.43. The van der Waals surface area contributed by atoms with E-state index >= 15 is 0 Å². The van der Waals surface area contributed by atoms with Crippen molar-refractivity contribution in [2.75, 3.05) is 13.1 Å². The molecule has 23 heavy (non-hydrogen) atoms. The summed E-state index contributed by atoms with van der Waals surface area (Å²) in [6.45, 7) is 15.5. The van der Waals surface area contributed by atoms with E-state index in [0.717, 1.165) is 11.0 Å². The minimum atomic E-state index is -0.518. The number of aryl methyl sites for hydroxylation is 1. The van der Waals surface area contributed by atoms with Gasteiger partial charge >= 0.3 is 7.12 Å². The SMILES string of the molecule is CCN(CC)C(=O)c1cccc(C)c1B1OC(C)(C)C(C)(C)O1. The van der Waals surface area contributed by atoms with Crippen LogP contribution in [0.4, 0.5) is 0 Å². The largest absolute Gasteiger partial charge is 0.495 e. The number of carbonyl (C=O) groups is 1. The summed E-state index contributed by atoms with van der Waals surface area (Å²) in [4.78, 5) is 14.7. The second-order valence-corrected chi connectivity index (χ2v) is 7.10. The Balaban J connectivity index is 2.46. The van der Waals surface area contributed by atoms with Gasteiger partial charge in [-0.1, -0.05) is 17.7 Å². The molecule has 0 radical (unpaired) electrons. The Kier molecular flexibility index (Phi) is 4.93. The second kappa shape index (κ2) is 6.29. The molecule has 1 amide bonds. The molecule has 4 nitrogen and oxygen atoms in total. The van der Waals surface area contributed by atoms with Crippen LogP contribution in [0.5, 0.6) is 0 Å². The predicted octanol–water partition coefficient (Wildman–Crippen LogP) is 2.78. The van der Waals surface area contributed by atoms with Gasteiger partial charge in [0, 0.05) is 18.7 Å². The van der Waals surface area contributed by atoms with E-state index in [2.05, 4.69) is 0 Å². The van der Waals surface area contributed by atoms with Gasteiger partial charge in [-0.15, -0.1) is 0 Å². The van der Waals surface area contributed by atoms with Crippen LogP contribution in [0.1, 0.15) is 57.5 Å². The summed E-state index contributed by atoms with van der Waals surface area (Å²) in [6.07, 6.45) is 0. The van der Waals surface area contributed by atoms with Crippen LogP contribution in [0, 0.1) is 6.92 Å². The van der Waals surface area contributed by atoms with Crippen LogP contribution in [0.25, 0.3) is 0 Å². The topological polar surface area (TPSA) is 38.8 Å². The highest BCUT2D eigenvalue weighted by molar-refractivity contribution is 6.64. The molecule has 1 aromatic rings. The molecule has 0 saturated carbocycles. The molecule has 126 valence electrons. The zero-order valence-electron chi connectivity index (χ0n) is 15.4. The highest BCUT2D eigenvalue weighted by Crippen LogP contribution is 2.37. The van der Waals surface area contributed by atoms with Crippen LogP contribution in [0.2, 0.25) is 0 Å². The van der Waals surface area contributed by atoms with Crippen LogP contribution in [-0.4, -0.2) is 42.2 Å². The van der Waals surface area contributed by atoms with Crippen LogP contribution in [0.15, 0.2) is 18.2 Å².